The van der Waals surface area contributed by atoms with E-state index in [1.165, 1.54) is 0 Å². The Morgan fingerprint density at radius 1 is 1.29 bits per heavy atom. The van der Waals surface area contributed by atoms with Crippen LogP contribution in [-0.2, 0) is 6.54 Å². The Morgan fingerprint density at radius 2 is 2.18 bits per heavy atom. The van der Waals surface area contributed by atoms with Crippen molar-refractivity contribution in [2.75, 3.05) is 6.54 Å². The quantitative estimate of drug-likeness (QED) is 0.853. The van der Waals surface area contributed by atoms with E-state index in [0.29, 0.717) is 6.04 Å². The molecule has 0 aliphatic heterocycles. The molecule has 0 unspecified atom stereocenters. The fraction of sp³-hybridized carbons (Fsp3) is 0.385. The molecule has 4 nitrogen and oxygen atoms in total. The Bertz CT molecular complexity index is 447. The summed E-state index contributed by atoms with van der Waals surface area (Å²) in [6.45, 7) is 6.16. The number of nitrogens with zero attached hydrogens (tertiary/aromatic N) is 3. The van der Waals surface area contributed by atoms with Crippen molar-refractivity contribution >= 4 is 0 Å². The molecule has 4 heteroatoms. The minimum Gasteiger partial charge on any atom is -0.329 e. The summed E-state index contributed by atoms with van der Waals surface area (Å²) in [6.07, 6.45) is 7.39. The Labute approximate surface area is 102 Å². The van der Waals surface area contributed by atoms with Crippen molar-refractivity contribution in [3.63, 3.8) is 0 Å². The average Bonchev–Trinajstić information content (AvgIpc) is 2.78. The number of hydrogen-bond donors (Lipinski definition) is 1. The maximum Gasteiger partial charge on any atom is 0.0951 e. The van der Waals surface area contributed by atoms with Gasteiger partial charge in [-0.1, -0.05) is 13.8 Å². The Hall–Kier alpha value is -1.68. The van der Waals surface area contributed by atoms with Crippen LogP contribution in [0.25, 0.3) is 11.3 Å². The zero-order valence-electron chi connectivity index (χ0n) is 10.3. The summed E-state index contributed by atoms with van der Waals surface area (Å²) in [6, 6.07) is 4.51. The molecule has 0 fully saturated rings. The Balaban J connectivity index is 2.07. The lowest BCUT2D eigenvalue weighted by molar-refractivity contribution is 0.543. The largest absolute Gasteiger partial charge is 0.329 e. The highest BCUT2D eigenvalue weighted by molar-refractivity contribution is 5.57. The molecular formula is C13H18N4. The van der Waals surface area contributed by atoms with Gasteiger partial charge in [-0.2, -0.15) is 0 Å². The lowest BCUT2D eigenvalue weighted by atomic mass is 10.2. The number of aromatic nitrogens is 3. The van der Waals surface area contributed by atoms with Crippen LogP contribution in [0.3, 0.4) is 0 Å². The maximum atomic E-state index is 4.20. The zero-order chi connectivity index (χ0) is 12.1. The summed E-state index contributed by atoms with van der Waals surface area (Å²) < 4.78 is 2.15. The minimum atomic E-state index is 0.514. The third-order valence-electron chi connectivity index (χ3n) is 2.57. The highest BCUT2D eigenvalue weighted by Gasteiger charge is 2.04. The molecule has 0 amide bonds. The minimum absolute atomic E-state index is 0.514. The molecule has 0 bridgehead atoms. The van der Waals surface area contributed by atoms with Gasteiger partial charge >= 0.3 is 0 Å². The maximum absolute atomic E-state index is 4.20. The van der Waals surface area contributed by atoms with E-state index < -0.39 is 0 Å². The molecule has 0 aromatic carbocycles. The van der Waals surface area contributed by atoms with E-state index in [1.54, 1.807) is 6.20 Å². The van der Waals surface area contributed by atoms with Gasteiger partial charge in [0.05, 0.1) is 18.2 Å². The highest BCUT2D eigenvalue weighted by Crippen LogP contribution is 2.16. The van der Waals surface area contributed by atoms with Crippen LogP contribution in [0.5, 0.6) is 0 Å². The van der Waals surface area contributed by atoms with E-state index in [9.17, 15) is 0 Å². The fourth-order valence-corrected chi connectivity index (χ4v) is 1.73. The van der Waals surface area contributed by atoms with Crippen LogP contribution < -0.4 is 5.32 Å². The molecule has 0 saturated heterocycles. The summed E-state index contributed by atoms with van der Waals surface area (Å²) in [5.74, 6) is 0. The van der Waals surface area contributed by atoms with Crippen LogP contribution in [0.2, 0.25) is 0 Å². The van der Waals surface area contributed by atoms with Crippen molar-refractivity contribution in [1.82, 2.24) is 19.9 Å². The molecule has 2 heterocycles. The van der Waals surface area contributed by atoms with Crippen molar-refractivity contribution < 1.29 is 0 Å². The van der Waals surface area contributed by atoms with Gasteiger partial charge in [-0.3, -0.25) is 4.98 Å². The van der Waals surface area contributed by atoms with Gasteiger partial charge in [0.2, 0.25) is 0 Å². The van der Waals surface area contributed by atoms with Crippen LogP contribution in [0.15, 0.2) is 37.1 Å². The highest BCUT2D eigenvalue weighted by atomic mass is 15.1. The van der Waals surface area contributed by atoms with Crippen molar-refractivity contribution in [2.24, 2.45) is 0 Å². The molecule has 17 heavy (non-hydrogen) atoms. The van der Waals surface area contributed by atoms with Crippen LogP contribution >= 0.6 is 0 Å². The van der Waals surface area contributed by atoms with E-state index in [4.69, 9.17) is 0 Å². The van der Waals surface area contributed by atoms with Crippen LogP contribution in [0.4, 0.5) is 0 Å². The molecule has 2 rings (SSSR count). The van der Waals surface area contributed by atoms with Gasteiger partial charge in [0.15, 0.2) is 0 Å². The molecule has 0 radical (unpaired) electrons. The summed E-state index contributed by atoms with van der Waals surface area (Å²) >= 11 is 0. The Kier molecular flexibility index (Phi) is 3.88. The number of rotatable bonds is 5. The smallest absolute Gasteiger partial charge is 0.0951 e. The SMILES string of the molecule is CC(C)NCCn1cncc1-c1cccnc1. The van der Waals surface area contributed by atoms with Gasteiger partial charge in [0, 0.05) is 37.1 Å². The lowest BCUT2D eigenvalue weighted by Crippen LogP contribution is -2.26. The second-order valence-electron chi connectivity index (χ2n) is 4.32. The molecule has 2 aromatic rings. The number of nitrogens with one attached hydrogen (secondary N) is 1. The van der Waals surface area contributed by atoms with Crippen molar-refractivity contribution in [3.05, 3.63) is 37.1 Å². The molecule has 1 N–H and O–H groups in total. The molecular weight excluding hydrogens is 212 g/mol. The molecule has 0 aliphatic carbocycles. The summed E-state index contributed by atoms with van der Waals surface area (Å²) in [4.78, 5) is 8.34. The topological polar surface area (TPSA) is 42.7 Å². The van der Waals surface area contributed by atoms with Gasteiger partial charge in [0.25, 0.3) is 0 Å². The molecule has 2 aromatic heterocycles. The van der Waals surface area contributed by atoms with Gasteiger partial charge in [-0.15, -0.1) is 0 Å². The zero-order valence-corrected chi connectivity index (χ0v) is 10.3. The number of imidazole rings is 1. The first-order valence-corrected chi connectivity index (χ1v) is 5.91. The molecule has 0 aliphatic rings. The van der Waals surface area contributed by atoms with E-state index in [2.05, 4.69) is 39.8 Å². The van der Waals surface area contributed by atoms with Crippen LogP contribution in [0.1, 0.15) is 13.8 Å². The summed E-state index contributed by atoms with van der Waals surface area (Å²) in [7, 11) is 0. The molecule has 0 atom stereocenters. The van der Waals surface area contributed by atoms with Gasteiger partial charge in [-0.25, -0.2) is 4.98 Å². The van der Waals surface area contributed by atoms with Crippen molar-refractivity contribution in [3.8, 4) is 11.3 Å². The number of hydrogen-bond acceptors (Lipinski definition) is 3. The third kappa shape index (κ3) is 3.14. The van der Waals surface area contributed by atoms with E-state index in [1.807, 2.05) is 24.8 Å². The monoisotopic (exact) mass is 230 g/mol. The van der Waals surface area contributed by atoms with E-state index in [0.717, 1.165) is 24.3 Å². The second-order valence-corrected chi connectivity index (χ2v) is 4.32. The van der Waals surface area contributed by atoms with Gasteiger partial charge in [-0.05, 0) is 12.1 Å². The van der Waals surface area contributed by atoms with E-state index >= 15 is 0 Å². The van der Waals surface area contributed by atoms with Crippen LogP contribution in [-0.4, -0.2) is 27.1 Å². The Morgan fingerprint density at radius 3 is 2.88 bits per heavy atom. The van der Waals surface area contributed by atoms with E-state index in [-0.39, 0.29) is 0 Å². The van der Waals surface area contributed by atoms with Crippen molar-refractivity contribution in [1.29, 1.82) is 0 Å². The first-order valence-electron chi connectivity index (χ1n) is 5.91. The van der Waals surface area contributed by atoms with Gasteiger partial charge in [0.1, 0.15) is 0 Å². The third-order valence-corrected chi connectivity index (χ3v) is 2.57. The molecule has 0 spiro atoms. The predicted molar refractivity (Wildman–Crippen MR) is 68.6 cm³/mol. The van der Waals surface area contributed by atoms with Crippen LogP contribution in [0, 0.1) is 0 Å². The van der Waals surface area contributed by atoms with Gasteiger partial charge < -0.3 is 9.88 Å². The fourth-order valence-electron chi connectivity index (χ4n) is 1.73. The first-order chi connectivity index (χ1) is 8.27. The summed E-state index contributed by atoms with van der Waals surface area (Å²) in [5, 5.41) is 3.40. The first kappa shape index (κ1) is 11.8. The molecule has 90 valence electrons. The molecule has 0 saturated carbocycles. The number of pyridine rings is 1. The lowest BCUT2D eigenvalue weighted by Gasteiger charge is -2.10. The second kappa shape index (κ2) is 5.59. The normalized spacial score (nSPS) is 11.0. The average molecular weight is 230 g/mol. The predicted octanol–water partition coefficient (Wildman–Crippen LogP) is 1.94. The summed E-state index contributed by atoms with van der Waals surface area (Å²) in [5.41, 5.74) is 2.22. The van der Waals surface area contributed by atoms with Crippen molar-refractivity contribution in [2.45, 2.75) is 26.4 Å². The standard InChI is InChI=1S/C13H18N4/c1-11(2)16-6-7-17-10-15-9-13(17)12-4-3-5-14-8-12/h3-5,8-11,16H,6-7H2,1-2H3.